The summed E-state index contributed by atoms with van der Waals surface area (Å²) in [6, 6.07) is 5.25. The first-order valence-electron chi connectivity index (χ1n) is 5.45. The van der Waals surface area contributed by atoms with Crippen molar-refractivity contribution in [2.24, 2.45) is 0 Å². The van der Waals surface area contributed by atoms with Crippen molar-refractivity contribution in [3.8, 4) is 0 Å². The number of benzene rings is 1. The third-order valence-corrected chi connectivity index (χ3v) is 2.21. The fourth-order valence-electron chi connectivity index (χ4n) is 1.36. The summed E-state index contributed by atoms with van der Waals surface area (Å²) in [6.07, 6.45) is 0. The maximum absolute atomic E-state index is 13.2. The monoisotopic (exact) mass is 256 g/mol. The molecule has 6 heteroatoms. The summed E-state index contributed by atoms with van der Waals surface area (Å²) < 4.78 is 18.0. The van der Waals surface area contributed by atoms with E-state index in [-0.39, 0.29) is 18.8 Å². The minimum atomic E-state index is -1.17. The molecule has 0 bridgehead atoms. The number of carbonyl (C=O) groups excluding carboxylic acids is 1. The first kappa shape index (κ1) is 14.4. The van der Waals surface area contributed by atoms with Crippen LogP contribution in [0.15, 0.2) is 24.3 Å². The number of halogens is 1. The molecule has 0 saturated carbocycles. The van der Waals surface area contributed by atoms with Crippen molar-refractivity contribution in [1.82, 2.24) is 5.32 Å². The number of carbonyl (C=O) groups is 1. The molecule has 0 aliphatic rings. The second kappa shape index (κ2) is 6.32. The van der Waals surface area contributed by atoms with Crippen molar-refractivity contribution in [2.75, 3.05) is 25.6 Å². The number of hydrogen-bond acceptors (Lipinski definition) is 3. The van der Waals surface area contributed by atoms with Gasteiger partial charge in [-0.2, -0.15) is 0 Å². The van der Waals surface area contributed by atoms with Gasteiger partial charge in [-0.15, -0.1) is 0 Å². The topological polar surface area (TPSA) is 70.6 Å². The molecule has 1 unspecified atom stereocenters. The number of urea groups is 1. The maximum Gasteiger partial charge on any atom is 0.319 e. The van der Waals surface area contributed by atoms with Crippen molar-refractivity contribution >= 4 is 11.7 Å². The van der Waals surface area contributed by atoms with E-state index >= 15 is 0 Å². The van der Waals surface area contributed by atoms with Crippen LogP contribution in [0.4, 0.5) is 14.9 Å². The molecule has 18 heavy (non-hydrogen) atoms. The number of aliphatic hydroxyl groups is 1. The molecule has 100 valence electrons. The molecule has 1 aromatic carbocycles. The lowest BCUT2D eigenvalue weighted by Gasteiger charge is -2.22. The second-order valence-electron chi connectivity index (χ2n) is 4.22. The molecule has 0 aliphatic heterocycles. The van der Waals surface area contributed by atoms with Crippen molar-refractivity contribution < 1.29 is 19.0 Å². The highest BCUT2D eigenvalue weighted by atomic mass is 19.1. The standard InChI is InChI=1S/C12H17FN2O3/c1-12(17,8-18-2)7-14-11(16)15-10-6-4-3-5-9(10)13/h3-6,17H,7-8H2,1-2H3,(H2,14,15,16). The highest BCUT2D eigenvalue weighted by molar-refractivity contribution is 5.89. The van der Waals surface area contributed by atoms with Crippen LogP contribution < -0.4 is 10.6 Å². The summed E-state index contributed by atoms with van der Waals surface area (Å²) in [7, 11) is 1.45. The molecule has 0 fully saturated rings. The Balaban J connectivity index is 2.46. The van der Waals surface area contributed by atoms with Crippen LogP contribution in [0.2, 0.25) is 0 Å². The molecule has 1 rings (SSSR count). The van der Waals surface area contributed by atoms with Crippen LogP contribution in [-0.2, 0) is 4.74 Å². The molecule has 5 nitrogen and oxygen atoms in total. The molecule has 3 N–H and O–H groups in total. The fourth-order valence-corrected chi connectivity index (χ4v) is 1.36. The van der Waals surface area contributed by atoms with Crippen LogP contribution in [0.5, 0.6) is 0 Å². The van der Waals surface area contributed by atoms with E-state index in [1.165, 1.54) is 32.2 Å². The summed E-state index contributed by atoms with van der Waals surface area (Å²) in [5, 5.41) is 14.5. The number of hydrogen-bond donors (Lipinski definition) is 3. The lowest BCUT2D eigenvalue weighted by molar-refractivity contribution is -0.0133. The fraction of sp³-hybridized carbons (Fsp3) is 0.417. The molecular formula is C12H17FN2O3. The lowest BCUT2D eigenvalue weighted by atomic mass is 10.1. The first-order chi connectivity index (χ1) is 8.44. The van der Waals surface area contributed by atoms with Crippen molar-refractivity contribution in [3.63, 3.8) is 0 Å². The molecule has 0 heterocycles. The minimum Gasteiger partial charge on any atom is -0.386 e. The van der Waals surface area contributed by atoms with Gasteiger partial charge in [-0.3, -0.25) is 0 Å². The van der Waals surface area contributed by atoms with Gasteiger partial charge >= 0.3 is 6.03 Å². The van der Waals surface area contributed by atoms with E-state index < -0.39 is 17.4 Å². The van der Waals surface area contributed by atoms with Gasteiger partial charge in [0.15, 0.2) is 0 Å². The first-order valence-corrected chi connectivity index (χ1v) is 5.45. The molecule has 0 aromatic heterocycles. The zero-order valence-corrected chi connectivity index (χ0v) is 10.4. The van der Waals surface area contributed by atoms with Gasteiger partial charge in [0.2, 0.25) is 0 Å². The van der Waals surface area contributed by atoms with Gasteiger partial charge in [0.1, 0.15) is 11.4 Å². The Morgan fingerprint density at radius 2 is 2.17 bits per heavy atom. The van der Waals surface area contributed by atoms with Gasteiger partial charge in [0, 0.05) is 7.11 Å². The molecule has 0 spiro atoms. The van der Waals surface area contributed by atoms with Crippen LogP contribution in [0.3, 0.4) is 0 Å². The van der Waals surface area contributed by atoms with E-state index in [1.807, 2.05) is 0 Å². The van der Waals surface area contributed by atoms with Gasteiger partial charge in [-0.25, -0.2) is 9.18 Å². The van der Waals surface area contributed by atoms with E-state index in [9.17, 15) is 14.3 Å². The molecular weight excluding hydrogens is 239 g/mol. The third-order valence-electron chi connectivity index (χ3n) is 2.21. The van der Waals surface area contributed by atoms with Gasteiger partial charge < -0.3 is 20.5 Å². The van der Waals surface area contributed by atoms with Gasteiger partial charge in [0.05, 0.1) is 18.8 Å². The predicted molar refractivity (Wildman–Crippen MR) is 65.9 cm³/mol. The SMILES string of the molecule is COCC(C)(O)CNC(=O)Nc1ccccc1F. The number of rotatable bonds is 5. The number of nitrogens with one attached hydrogen (secondary N) is 2. The number of para-hydroxylation sites is 1. The molecule has 0 saturated heterocycles. The quantitative estimate of drug-likeness (QED) is 0.744. The van der Waals surface area contributed by atoms with E-state index in [1.54, 1.807) is 6.07 Å². The molecule has 0 aliphatic carbocycles. The van der Waals surface area contributed by atoms with E-state index in [0.717, 1.165) is 0 Å². The average Bonchev–Trinajstić information content (AvgIpc) is 2.30. The van der Waals surface area contributed by atoms with Crippen molar-refractivity contribution in [3.05, 3.63) is 30.1 Å². The number of methoxy groups -OCH3 is 1. The average molecular weight is 256 g/mol. The van der Waals surface area contributed by atoms with Gasteiger partial charge in [-0.05, 0) is 19.1 Å². The third kappa shape index (κ3) is 4.68. The van der Waals surface area contributed by atoms with Crippen LogP contribution in [0.1, 0.15) is 6.92 Å². The summed E-state index contributed by atoms with van der Waals surface area (Å²) in [5.74, 6) is -0.517. The number of amides is 2. The summed E-state index contributed by atoms with van der Waals surface area (Å²) in [5.41, 5.74) is -1.08. The number of ether oxygens (including phenoxy) is 1. The molecule has 2 amide bonds. The molecule has 1 atom stereocenters. The van der Waals surface area contributed by atoms with E-state index in [2.05, 4.69) is 10.6 Å². The van der Waals surface area contributed by atoms with Crippen LogP contribution in [0, 0.1) is 5.82 Å². The Labute approximate surface area is 105 Å². The van der Waals surface area contributed by atoms with E-state index in [0.29, 0.717) is 0 Å². The van der Waals surface area contributed by atoms with Crippen LogP contribution in [-0.4, -0.2) is 37.0 Å². The zero-order valence-electron chi connectivity index (χ0n) is 10.4. The van der Waals surface area contributed by atoms with E-state index in [4.69, 9.17) is 4.74 Å². The Kier molecular flexibility index (Phi) is 5.06. The van der Waals surface area contributed by atoms with Gasteiger partial charge in [-0.1, -0.05) is 12.1 Å². The maximum atomic E-state index is 13.2. The van der Waals surface area contributed by atoms with Crippen LogP contribution >= 0.6 is 0 Å². The molecule has 0 radical (unpaired) electrons. The Morgan fingerprint density at radius 1 is 1.50 bits per heavy atom. The minimum absolute atomic E-state index is 0.00112. The summed E-state index contributed by atoms with van der Waals surface area (Å²) >= 11 is 0. The summed E-state index contributed by atoms with van der Waals surface area (Å²) in [6.45, 7) is 1.62. The van der Waals surface area contributed by atoms with Crippen LogP contribution in [0.25, 0.3) is 0 Å². The number of anilines is 1. The highest BCUT2D eigenvalue weighted by Crippen LogP contribution is 2.12. The Hall–Kier alpha value is -1.66. The lowest BCUT2D eigenvalue weighted by Crippen LogP contribution is -2.45. The smallest absolute Gasteiger partial charge is 0.319 e. The second-order valence-corrected chi connectivity index (χ2v) is 4.22. The normalized spacial score (nSPS) is 13.8. The molecule has 1 aromatic rings. The van der Waals surface area contributed by atoms with Crippen molar-refractivity contribution in [1.29, 1.82) is 0 Å². The largest absolute Gasteiger partial charge is 0.386 e. The van der Waals surface area contributed by atoms with Gasteiger partial charge in [0.25, 0.3) is 0 Å². The summed E-state index contributed by atoms with van der Waals surface area (Å²) in [4.78, 5) is 11.5. The zero-order chi connectivity index (χ0) is 13.6. The Bertz CT molecular complexity index is 410. The van der Waals surface area contributed by atoms with Crippen molar-refractivity contribution in [2.45, 2.75) is 12.5 Å². The Morgan fingerprint density at radius 3 is 2.78 bits per heavy atom. The predicted octanol–water partition coefficient (Wildman–Crippen LogP) is 1.34. The highest BCUT2D eigenvalue weighted by Gasteiger charge is 2.21.